The van der Waals surface area contributed by atoms with Gasteiger partial charge in [0.1, 0.15) is 11.4 Å². The third kappa shape index (κ3) is 5.74. The second-order valence-corrected chi connectivity index (χ2v) is 11.2. The van der Waals surface area contributed by atoms with Crippen LogP contribution in [0.3, 0.4) is 0 Å². The van der Waals surface area contributed by atoms with Crippen molar-refractivity contribution >= 4 is 28.6 Å². The number of amides is 3. The largest absolute Gasteiger partial charge is 0.494 e. The second-order valence-electron chi connectivity index (χ2n) is 11.2. The quantitative estimate of drug-likeness (QED) is 0.395. The van der Waals surface area contributed by atoms with Gasteiger partial charge in [-0.05, 0) is 43.2 Å². The van der Waals surface area contributed by atoms with Gasteiger partial charge < -0.3 is 24.8 Å². The topological polar surface area (TPSA) is 113 Å². The minimum absolute atomic E-state index is 0.0108. The van der Waals surface area contributed by atoms with Crippen LogP contribution >= 0.6 is 0 Å². The number of nitrogens with one attached hydrogen (secondary N) is 2. The lowest BCUT2D eigenvalue weighted by atomic mass is 9.88. The molecule has 2 N–H and O–H groups in total. The zero-order valence-corrected chi connectivity index (χ0v) is 24.0. The summed E-state index contributed by atoms with van der Waals surface area (Å²) < 4.78 is 7.79. The number of ether oxygens (including phenoxy) is 1. The van der Waals surface area contributed by atoms with Crippen molar-refractivity contribution in [3.05, 3.63) is 83.3 Å². The van der Waals surface area contributed by atoms with Gasteiger partial charge in [0.2, 0.25) is 11.8 Å². The number of aromatic amines is 1. The molecule has 0 aliphatic carbocycles. The van der Waals surface area contributed by atoms with Crippen LogP contribution in [-0.2, 0) is 23.1 Å². The number of carbonyl (C=O) groups is 3. The third-order valence-corrected chi connectivity index (χ3v) is 8.32. The number of para-hydroxylation sites is 1. The van der Waals surface area contributed by atoms with Gasteiger partial charge in [0.25, 0.3) is 5.91 Å². The number of H-pyrrole nitrogens is 1. The molecule has 6 rings (SSSR count). The summed E-state index contributed by atoms with van der Waals surface area (Å²) >= 11 is 0. The Morgan fingerprint density at radius 3 is 2.67 bits per heavy atom. The number of aryl methyl sites for hydroxylation is 2. The number of likely N-dealkylation sites (tertiary alicyclic amines) is 1. The first kappa shape index (κ1) is 27.6. The first-order valence-corrected chi connectivity index (χ1v) is 14.5. The molecule has 42 heavy (non-hydrogen) atoms. The molecular formula is C32H36N6O4. The summed E-state index contributed by atoms with van der Waals surface area (Å²) in [5.74, 6) is -0.156. The van der Waals surface area contributed by atoms with Crippen molar-refractivity contribution in [2.45, 2.75) is 25.7 Å². The molecule has 2 aromatic carbocycles. The number of aromatic nitrogens is 3. The van der Waals surface area contributed by atoms with Crippen LogP contribution in [0.2, 0.25) is 0 Å². The number of carbonyl (C=O) groups excluding carboxylic acids is 3. The molecule has 3 amide bonds. The summed E-state index contributed by atoms with van der Waals surface area (Å²) in [7, 11) is 1.84. The Morgan fingerprint density at radius 1 is 1.02 bits per heavy atom. The molecule has 0 unspecified atom stereocenters. The summed E-state index contributed by atoms with van der Waals surface area (Å²) in [5.41, 5.74) is 4.12. The lowest BCUT2D eigenvalue weighted by molar-refractivity contribution is -0.131. The second kappa shape index (κ2) is 11.7. The molecule has 10 heteroatoms. The Balaban J connectivity index is 1.21. The van der Waals surface area contributed by atoms with Crippen LogP contribution in [0, 0.1) is 12.8 Å². The fourth-order valence-electron chi connectivity index (χ4n) is 6.12. The van der Waals surface area contributed by atoms with Crippen molar-refractivity contribution < 1.29 is 19.1 Å². The summed E-state index contributed by atoms with van der Waals surface area (Å²) in [6, 6.07) is 17.5. The summed E-state index contributed by atoms with van der Waals surface area (Å²) in [6.45, 7) is 4.33. The highest BCUT2D eigenvalue weighted by Gasteiger charge is 2.41. The molecule has 4 heterocycles. The number of nitrogens with zero attached hydrogens (tertiary/aromatic N) is 4. The SMILES string of the molecule is Cc1nn(C)cc1CC(=O)N1CCCOc2cccc(c2)[C@H]2CN(C(=O)c3cc4ccccc4[nH]3)C[C@@H]2C(=O)NCC1. The zero-order chi connectivity index (χ0) is 29.2. The number of fused-ring (bicyclic) bond motifs is 5. The molecular weight excluding hydrogens is 532 g/mol. The molecule has 1 fully saturated rings. The Labute approximate surface area is 244 Å². The molecule has 2 bridgehead atoms. The maximum absolute atomic E-state index is 13.6. The minimum Gasteiger partial charge on any atom is -0.494 e. The van der Waals surface area contributed by atoms with Crippen LogP contribution < -0.4 is 10.1 Å². The van der Waals surface area contributed by atoms with Gasteiger partial charge in [0.05, 0.1) is 24.6 Å². The molecule has 0 radical (unpaired) electrons. The smallest absolute Gasteiger partial charge is 0.270 e. The van der Waals surface area contributed by atoms with Crippen molar-refractivity contribution in [2.24, 2.45) is 13.0 Å². The zero-order valence-electron chi connectivity index (χ0n) is 24.0. The van der Waals surface area contributed by atoms with E-state index in [2.05, 4.69) is 15.4 Å². The third-order valence-electron chi connectivity index (χ3n) is 8.32. The number of benzene rings is 2. The summed E-state index contributed by atoms with van der Waals surface area (Å²) in [6.07, 6.45) is 2.79. The van der Waals surface area contributed by atoms with E-state index in [9.17, 15) is 14.4 Å². The molecule has 0 saturated carbocycles. The van der Waals surface area contributed by atoms with E-state index >= 15 is 0 Å². The number of hydrogen-bond donors (Lipinski definition) is 2. The predicted molar refractivity (Wildman–Crippen MR) is 158 cm³/mol. The predicted octanol–water partition coefficient (Wildman–Crippen LogP) is 3.04. The van der Waals surface area contributed by atoms with Gasteiger partial charge in [-0.3, -0.25) is 19.1 Å². The van der Waals surface area contributed by atoms with Gasteiger partial charge in [-0.15, -0.1) is 0 Å². The number of hydrogen-bond acceptors (Lipinski definition) is 5. The van der Waals surface area contributed by atoms with E-state index in [-0.39, 0.29) is 30.1 Å². The molecule has 4 aromatic rings. The van der Waals surface area contributed by atoms with Crippen LogP contribution in [0.25, 0.3) is 10.9 Å². The summed E-state index contributed by atoms with van der Waals surface area (Å²) in [5, 5.41) is 8.40. The van der Waals surface area contributed by atoms with E-state index in [1.807, 2.05) is 74.8 Å². The lowest BCUT2D eigenvalue weighted by Gasteiger charge is -2.25. The fraction of sp³-hybridized carbons (Fsp3) is 0.375. The van der Waals surface area contributed by atoms with Gasteiger partial charge >= 0.3 is 0 Å². The van der Waals surface area contributed by atoms with E-state index in [1.165, 1.54) is 0 Å². The van der Waals surface area contributed by atoms with E-state index < -0.39 is 5.92 Å². The molecule has 2 atom stereocenters. The highest BCUT2D eigenvalue weighted by molar-refractivity contribution is 5.98. The monoisotopic (exact) mass is 568 g/mol. The van der Waals surface area contributed by atoms with Gasteiger partial charge in [-0.25, -0.2) is 0 Å². The first-order valence-electron chi connectivity index (χ1n) is 14.5. The molecule has 218 valence electrons. The highest BCUT2D eigenvalue weighted by Crippen LogP contribution is 2.35. The van der Waals surface area contributed by atoms with Crippen LogP contribution in [0.15, 0.2) is 60.8 Å². The molecule has 0 spiro atoms. The average Bonchev–Trinajstić information content (AvgIpc) is 3.70. The van der Waals surface area contributed by atoms with Crippen molar-refractivity contribution in [3.8, 4) is 5.75 Å². The maximum Gasteiger partial charge on any atom is 0.270 e. The Morgan fingerprint density at radius 2 is 1.86 bits per heavy atom. The summed E-state index contributed by atoms with van der Waals surface area (Å²) in [4.78, 5) is 47.3. The van der Waals surface area contributed by atoms with E-state index in [1.54, 1.807) is 14.5 Å². The molecule has 2 aliphatic heterocycles. The van der Waals surface area contributed by atoms with Gasteiger partial charge in [-0.2, -0.15) is 5.10 Å². The van der Waals surface area contributed by atoms with E-state index in [0.29, 0.717) is 57.2 Å². The average molecular weight is 569 g/mol. The highest BCUT2D eigenvalue weighted by atomic mass is 16.5. The van der Waals surface area contributed by atoms with E-state index in [0.717, 1.165) is 27.7 Å². The van der Waals surface area contributed by atoms with Crippen molar-refractivity contribution in [1.82, 2.24) is 29.9 Å². The van der Waals surface area contributed by atoms with Crippen LogP contribution in [0.5, 0.6) is 5.75 Å². The van der Waals surface area contributed by atoms with Gasteiger partial charge in [0, 0.05) is 68.4 Å². The van der Waals surface area contributed by atoms with Crippen LogP contribution in [-0.4, -0.2) is 81.6 Å². The van der Waals surface area contributed by atoms with Crippen molar-refractivity contribution in [1.29, 1.82) is 0 Å². The van der Waals surface area contributed by atoms with Gasteiger partial charge in [-0.1, -0.05) is 30.3 Å². The lowest BCUT2D eigenvalue weighted by Crippen LogP contribution is -2.42. The fourth-order valence-corrected chi connectivity index (χ4v) is 6.12. The molecule has 10 nitrogen and oxygen atoms in total. The van der Waals surface area contributed by atoms with Crippen molar-refractivity contribution in [2.75, 3.05) is 39.3 Å². The molecule has 1 saturated heterocycles. The van der Waals surface area contributed by atoms with Gasteiger partial charge in [0.15, 0.2) is 0 Å². The standard InChI is InChI=1S/C32H36N6O4/c1-21-24(18-36(2)35-21)17-30(39)37-12-6-14-42-25-9-5-8-22(15-25)26-19-38(20-27(26)31(40)33-11-13-37)32(41)29-16-23-7-3-4-10-28(23)34-29/h3-5,7-10,15-16,18,26-27,34H,6,11-14,17,19-20H2,1-2H3,(H,33,40)/t26-,27+/m1/s1. The van der Waals surface area contributed by atoms with E-state index in [4.69, 9.17) is 4.74 Å². The molecule has 2 aliphatic rings. The van der Waals surface area contributed by atoms with Crippen molar-refractivity contribution in [3.63, 3.8) is 0 Å². The van der Waals surface area contributed by atoms with Crippen LogP contribution in [0.1, 0.15) is 39.6 Å². The normalized spacial score (nSPS) is 19.6. The Bertz CT molecular complexity index is 1590. The Kier molecular flexibility index (Phi) is 7.69. The Hall–Kier alpha value is -4.60. The maximum atomic E-state index is 13.6. The van der Waals surface area contributed by atoms with Crippen LogP contribution in [0.4, 0.5) is 0 Å². The molecule has 2 aromatic heterocycles. The minimum atomic E-state index is -0.432. The number of rotatable bonds is 3. The first-order chi connectivity index (χ1) is 20.4.